The first kappa shape index (κ1) is 19.7. The topological polar surface area (TPSA) is 78.9 Å². The van der Waals surface area contributed by atoms with Gasteiger partial charge in [-0.1, -0.05) is 32.6 Å². The molecule has 1 rings (SSSR count). The number of carbonyl (C=O) groups is 2. The molecule has 0 bridgehead atoms. The summed E-state index contributed by atoms with van der Waals surface area (Å²) in [6.07, 6.45) is 4.34. The Morgan fingerprint density at radius 3 is 2.43 bits per heavy atom. The van der Waals surface area contributed by atoms with Crippen LogP contribution in [0.25, 0.3) is 0 Å². The van der Waals surface area contributed by atoms with Crippen molar-refractivity contribution in [2.75, 3.05) is 19.6 Å². The second-order valence-electron chi connectivity index (χ2n) is 7.26. The van der Waals surface area contributed by atoms with Gasteiger partial charge in [0.1, 0.15) is 5.60 Å². The average Bonchev–Trinajstić information content (AvgIpc) is 2.83. The number of hydrogen-bond donors (Lipinski definition) is 2. The summed E-state index contributed by atoms with van der Waals surface area (Å²) in [6.45, 7) is 8.51. The molecule has 6 heteroatoms. The van der Waals surface area contributed by atoms with Gasteiger partial charge in [-0.3, -0.25) is 4.79 Å². The third kappa shape index (κ3) is 7.20. The van der Waals surface area contributed by atoms with Crippen molar-refractivity contribution >= 4 is 12.0 Å². The molecule has 1 aliphatic heterocycles. The zero-order valence-corrected chi connectivity index (χ0v) is 14.9. The van der Waals surface area contributed by atoms with E-state index in [-0.39, 0.29) is 19.0 Å². The van der Waals surface area contributed by atoms with Crippen molar-refractivity contribution in [1.82, 2.24) is 10.2 Å². The summed E-state index contributed by atoms with van der Waals surface area (Å²) in [5.41, 5.74) is -0.582. The maximum atomic E-state index is 12.1. The highest BCUT2D eigenvalue weighted by Gasteiger charge is 2.39. The minimum atomic E-state index is -0.831. The first-order chi connectivity index (χ1) is 10.7. The first-order valence-corrected chi connectivity index (χ1v) is 8.68. The maximum absolute atomic E-state index is 12.1. The van der Waals surface area contributed by atoms with E-state index in [4.69, 9.17) is 4.74 Å². The number of nitrogens with one attached hydrogen (secondary N) is 1. The van der Waals surface area contributed by atoms with E-state index >= 15 is 0 Å². The van der Waals surface area contributed by atoms with Crippen molar-refractivity contribution in [2.45, 2.75) is 71.5 Å². The van der Waals surface area contributed by atoms with Crippen molar-refractivity contribution in [3.8, 4) is 0 Å². The van der Waals surface area contributed by atoms with Crippen LogP contribution in [0.1, 0.15) is 59.8 Å². The van der Waals surface area contributed by atoms with Gasteiger partial charge in [0.15, 0.2) is 0 Å². The standard InChI is InChI=1S/C17H32N2O4/c1-5-6-7-8-9-10-18-15(21)13-11-19(12-14(13)20)16(22)23-17(2,3)4/h13-14,20H,5-12H2,1-4H3,(H,18,21)/t13-,14-/m1/s1. The minimum absolute atomic E-state index is 0.142. The van der Waals surface area contributed by atoms with Crippen LogP contribution in [0.3, 0.4) is 0 Å². The van der Waals surface area contributed by atoms with Gasteiger partial charge < -0.3 is 20.1 Å². The van der Waals surface area contributed by atoms with E-state index < -0.39 is 23.7 Å². The van der Waals surface area contributed by atoms with Crippen LogP contribution in [0.15, 0.2) is 0 Å². The fourth-order valence-electron chi connectivity index (χ4n) is 2.59. The number of nitrogens with zero attached hydrogens (tertiary/aromatic N) is 1. The number of carbonyl (C=O) groups excluding carboxylic acids is 2. The Morgan fingerprint density at radius 2 is 1.83 bits per heavy atom. The normalized spacial score (nSPS) is 21.3. The Bertz CT molecular complexity index is 393. The molecule has 0 unspecified atom stereocenters. The van der Waals surface area contributed by atoms with E-state index in [2.05, 4.69) is 12.2 Å². The summed E-state index contributed by atoms with van der Waals surface area (Å²) in [5, 5.41) is 12.9. The summed E-state index contributed by atoms with van der Waals surface area (Å²) in [5.74, 6) is -0.753. The maximum Gasteiger partial charge on any atom is 0.410 e. The SMILES string of the molecule is CCCCCCCNC(=O)[C@@H]1CN(C(=O)OC(C)(C)C)C[C@H]1O. The number of aliphatic hydroxyl groups excluding tert-OH is 1. The monoisotopic (exact) mass is 328 g/mol. The average molecular weight is 328 g/mol. The molecule has 1 aliphatic rings. The number of aliphatic hydroxyl groups is 1. The van der Waals surface area contributed by atoms with Crippen LogP contribution in [0.5, 0.6) is 0 Å². The van der Waals surface area contributed by atoms with Gasteiger partial charge in [-0.2, -0.15) is 0 Å². The second kappa shape index (κ2) is 9.11. The zero-order chi connectivity index (χ0) is 17.5. The van der Waals surface area contributed by atoms with Gasteiger partial charge >= 0.3 is 6.09 Å². The van der Waals surface area contributed by atoms with E-state index in [1.54, 1.807) is 20.8 Å². The Morgan fingerprint density at radius 1 is 1.17 bits per heavy atom. The third-order valence-corrected chi connectivity index (χ3v) is 3.86. The molecule has 2 atom stereocenters. The Balaban J connectivity index is 2.34. The molecule has 1 heterocycles. The van der Waals surface area contributed by atoms with Crippen LogP contribution in [-0.4, -0.2) is 53.3 Å². The molecule has 0 aromatic carbocycles. The Kier molecular flexibility index (Phi) is 7.82. The molecule has 2 N–H and O–H groups in total. The number of β-amino-alcohol motifs (C(OH)–C–C–N with tert-alkyl or cyclic N) is 1. The van der Waals surface area contributed by atoms with Crippen molar-refractivity contribution in [2.24, 2.45) is 5.92 Å². The third-order valence-electron chi connectivity index (χ3n) is 3.86. The molecule has 134 valence electrons. The van der Waals surface area contributed by atoms with E-state index in [0.717, 1.165) is 12.8 Å². The summed E-state index contributed by atoms with van der Waals surface area (Å²) < 4.78 is 5.28. The van der Waals surface area contributed by atoms with E-state index in [1.807, 2.05) is 0 Å². The molecule has 0 saturated carbocycles. The largest absolute Gasteiger partial charge is 0.444 e. The number of ether oxygens (including phenoxy) is 1. The van der Waals surface area contributed by atoms with E-state index in [0.29, 0.717) is 6.54 Å². The number of likely N-dealkylation sites (tertiary alicyclic amines) is 1. The number of amides is 2. The molecular formula is C17H32N2O4. The summed E-state index contributed by atoms with van der Waals surface area (Å²) in [7, 11) is 0. The molecular weight excluding hydrogens is 296 g/mol. The molecule has 0 radical (unpaired) electrons. The van der Waals surface area contributed by atoms with Crippen LogP contribution in [-0.2, 0) is 9.53 Å². The van der Waals surface area contributed by atoms with Crippen LogP contribution >= 0.6 is 0 Å². The lowest BCUT2D eigenvalue weighted by atomic mass is 10.1. The zero-order valence-electron chi connectivity index (χ0n) is 14.9. The Labute approximate surface area is 139 Å². The van der Waals surface area contributed by atoms with Crippen LogP contribution in [0.2, 0.25) is 0 Å². The van der Waals surface area contributed by atoms with Gasteiger partial charge in [-0.05, 0) is 27.2 Å². The lowest BCUT2D eigenvalue weighted by Gasteiger charge is -2.24. The fraction of sp³-hybridized carbons (Fsp3) is 0.882. The van der Waals surface area contributed by atoms with Crippen molar-refractivity contribution in [3.63, 3.8) is 0 Å². The number of unbranched alkanes of at least 4 members (excludes halogenated alkanes) is 4. The molecule has 2 amide bonds. The lowest BCUT2D eigenvalue weighted by molar-refractivity contribution is -0.126. The van der Waals surface area contributed by atoms with Gasteiger partial charge in [-0.15, -0.1) is 0 Å². The highest BCUT2D eigenvalue weighted by atomic mass is 16.6. The summed E-state index contributed by atoms with van der Waals surface area (Å²) in [4.78, 5) is 25.5. The Hall–Kier alpha value is -1.30. The summed E-state index contributed by atoms with van der Waals surface area (Å²) >= 11 is 0. The second-order valence-corrected chi connectivity index (χ2v) is 7.26. The molecule has 0 aliphatic carbocycles. The predicted octanol–water partition coefficient (Wildman–Crippen LogP) is 2.30. The van der Waals surface area contributed by atoms with Crippen LogP contribution < -0.4 is 5.32 Å². The fourth-order valence-corrected chi connectivity index (χ4v) is 2.59. The molecule has 23 heavy (non-hydrogen) atoms. The number of hydrogen-bond acceptors (Lipinski definition) is 4. The van der Waals surface area contributed by atoms with E-state index in [9.17, 15) is 14.7 Å². The highest BCUT2D eigenvalue weighted by molar-refractivity contribution is 5.81. The molecule has 1 saturated heterocycles. The van der Waals surface area contributed by atoms with E-state index in [1.165, 1.54) is 24.2 Å². The van der Waals surface area contributed by atoms with Crippen LogP contribution in [0.4, 0.5) is 4.79 Å². The van der Waals surface area contributed by atoms with Gasteiger partial charge in [0.05, 0.1) is 18.6 Å². The van der Waals surface area contributed by atoms with Crippen LogP contribution in [0, 0.1) is 5.92 Å². The van der Waals surface area contributed by atoms with Gasteiger partial charge in [-0.25, -0.2) is 4.79 Å². The van der Waals surface area contributed by atoms with Gasteiger partial charge in [0, 0.05) is 13.1 Å². The predicted molar refractivity (Wildman–Crippen MR) is 89.1 cm³/mol. The molecule has 0 spiro atoms. The summed E-state index contributed by atoms with van der Waals surface area (Å²) in [6, 6.07) is 0. The van der Waals surface area contributed by atoms with Gasteiger partial charge in [0.2, 0.25) is 5.91 Å². The van der Waals surface area contributed by atoms with Crippen molar-refractivity contribution in [1.29, 1.82) is 0 Å². The minimum Gasteiger partial charge on any atom is -0.444 e. The van der Waals surface area contributed by atoms with Gasteiger partial charge in [0.25, 0.3) is 0 Å². The van der Waals surface area contributed by atoms with Crippen molar-refractivity contribution < 1.29 is 19.4 Å². The molecule has 0 aromatic rings. The molecule has 6 nitrogen and oxygen atoms in total. The van der Waals surface area contributed by atoms with Crippen molar-refractivity contribution in [3.05, 3.63) is 0 Å². The lowest BCUT2D eigenvalue weighted by Crippen LogP contribution is -2.38. The highest BCUT2D eigenvalue weighted by Crippen LogP contribution is 2.20. The quantitative estimate of drug-likeness (QED) is 0.703. The smallest absolute Gasteiger partial charge is 0.410 e. The number of rotatable bonds is 7. The first-order valence-electron chi connectivity index (χ1n) is 8.68. The molecule has 1 fully saturated rings. The molecule has 0 aromatic heterocycles.